The zero-order valence-corrected chi connectivity index (χ0v) is 15.5. The highest BCUT2D eigenvalue weighted by atomic mass is 32.2. The van der Waals surface area contributed by atoms with Crippen LogP contribution in [0.4, 0.5) is 0 Å². The topological polar surface area (TPSA) is 74.7 Å². The molecule has 0 fully saturated rings. The van der Waals surface area contributed by atoms with E-state index in [1.165, 1.54) is 69.4 Å². The Balaban J connectivity index is 3.56. The highest BCUT2D eigenvalue weighted by molar-refractivity contribution is 7.85. The lowest BCUT2D eigenvalue weighted by Gasteiger charge is -2.13. The number of allylic oxidation sites excluding steroid dienone is 1. The molecule has 0 aliphatic rings. The molecule has 6 heteroatoms. The van der Waals surface area contributed by atoms with Gasteiger partial charge in [0.1, 0.15) is 0 Å². The van der Waals surface area contributed by atoms with E-state index in [0.29, 0.717) is 0 Å². The molecule has 0 aliphatic carbocycles. The first kappa shape index (κ1) is 22.1. The summed E-state index contributed by atoms with van der Waals surface area (Å²) in [5.41, 5.74) is 0. The van der Waals surface area contributed by atoms with Crippen LogP contribution in [0.3, 0.4) is 0 Å². The van der Waals surface area contributed by atoms with Crippen LogP contribution in [0.1, 0.15) is 71.1 Å². The van der Waals surface area contributed by atoms with Crippen LogP contribution in [0.25, 0.3) is 0 Å². The van der Waals surface area contributed by atoms with Gasteiger partial charge in [0.05, 0.1) is 5.75 Å². The molecule has 0 saturated heterocycles. The zero-order valence-electron chi connectivity index (χ0n) is 14.7. The number of carbonyl (C=O) groups is 1. The fourth-order valence-corrected chi connectivity index (χ4v) is 2.75. The van der Waals surface area contributed by atoms with Crippen LogP contribution in [-0.4, -0.2) is 43.1 Å². The molecule has 0 aromatic carbocycles. The Morgan fingerprint density at radius 3 is 2.04 bits per heavy atom. The first-order chi connectivity index (χ1) is 10.9. The van der Waals surface area contributed by atoms with Crippen LogP contribution in [0, 0.1) is 0 Å². The SMILES string of the molecule is CCCCCCCCCCC/C=C/C(=O)N(C)CCS(=O)(=O)O. The number of nitrogens with zero attached hydrogens (tertiary/aromatic N) is 1. The summed E-state index contributed by atoms with van der Waals surface area (Å²) in [7, 11) is -2.49. The molecule has 0 bridgehead atoms. The predicted octanol–water partition coefficient (Wildman–Crippen LogP) is 3.81. The minimum atomic E-state index is -4.02. The highest BCUT2D eigenvalue weighted by Crippen LogP contribution is 2.10. The third kappa shape index (κ3) is 15.8. The summed E-state index contributed by atoms with van der Waals surface area (Å²) in [4.78, 5) is 13.0. The molecule has 5 nitrogen and oxygen atoms in total. The number of likely N-dealkylation sites (N-methyl/N-ethyl adjacent to an activating group) is 1. The van der Waals surface area contributed by atoms with Crippen LogP contribution < -0.4 is 0 Å². The lowest BCUT2D eigenvalue weighted by molar-refractivity contribution is -0.124. The molecular formula is C17H33NO4S. The largest absolute Gasteiger partial charge is 0.341 e. The molecule has 23 heavy (non-hydrogen) atoms. The lowest BCUT2D eigenvalue weighted by Crippen LogP contribution is -2.30. The van der Waals surface area contributed by atoms with Crippen LogP contribution in [-0.2, 0) is 14.9 Å². The third-order valence-electron chi connectivity index (χ3n) is 3.80. The molecule has 0 aromatic heterocycles. The van der Waals surface area contributed by atoms with Crippen LogP contribution >= 0.6 is 0 Å². The maximum absolute atomic E-state index is 11.7. The molecule has 136 valence electrons. The highest BCUT2D eigenvalue weighted by Gasteiger charge is 2.09. The molecule has 0 aromatic rings. The van der Waals surface area contributed by atoms with Gasteiger partial charge in [-0.2, -0.15) is 8.42 Å². The number of rotatable bonds is 14. The number of hydrogen-bond donors (Lipinski definition) is 1. The summed E-state index contributed by atoms with van der Waals surface area (Å²) in [5, 5.41) is 0. The summed E-state index contributed by atoms with van der Waals surface area (Å²) in [6.07, 6.45) is 15.7. The van der Waals surface area contributed by atoms with Gasteiger partial charge in [-0.05, 0) is 18.9 Å². The molecule has 0 unspecified atom stereocenters. The van der Waals surface area contributed by atoms with E-state index in [4.69, 9.17) is 4.55 Å². The van der Waals surface area contributed by atoms with Crippen LogP contribution in [0.2, 0.25) is 0 Å². The zero-order chi connectivity index (χ0) is 17.6. The predicted molar refractivity (Wildman–Crippen MR) is 95.0 cm³/mol. The number of carbonyl (C=O) groups excluding carboxylic acids is 1. The molecule has 1 N–H and O–H groups in total. The van der Waals surface area contributed by atoms with E-state index in [1.54, 1.807) is 0 Å². The van der Waals surface area contributed by atoms with E-state index >= 15 is 0 Å². The Bertz CT molecular complexity index is 432. The van der Waals surface area contributed by atoms with Crippen molar-refractivity contribution in [2.45, 2.75) is 71.1 Å². The van der Waals surface area contributed by atoms with Gasteiger partial charge < -0.3 is 4.90 Å². The Morgan fingerprint density at radius 1 is 1.00 bits per heavy atom. The Morgan fingerprint density at radius 2 is 1.52 bits per heavy atom. The average molecular weight is 348 g/mol. The fourth-order valence-electron chi connectivity index (χ4n) is 2.25. The van der Waals surface area contributed by atoms with Gasteiger partial charge in [-0.25, -0.2) is 0 Å². The number of amides is 1. The van der Waals surface area contributed by atoms with Crippen molar-refractivity contribution in [3.8, 4) is 0 Å². The van der Waals surface area contributed by atoms with Crippen LogP contribution in [0.5, 0.6) is 0 Å². The number of unbranched alkanes of at least 4 members (excludes halogenated alkanes) is 9. The smallest absolute Gasteiger partial charge is 0.266 e. The van der Waals surface area contributed by atoms with E-state index in [0.717, 1.165) is 12.8 Å². The van der Waals surface area contributed by atoms with Crippen molar-refractivity contribution in [2.24, 2.45) is 0 Å². The Hall–Kier alpha value is -0.880. The fraction of sp³-hybridized carbons (Fsp3) is 0.824. The first-order valence-electron chi connectivity index (χ1n) is 8.73. The molecule has 0 radical (unpaired) electrons. The van der Waals surface area contributed by atoms with Gasteiger partial charge in [-0.1, -0.05) is 64.4 Å². The van der Waals surface area contributed by atoms with E-state index in [1.807, 2.05) is 6.08 Å². The Kier molecular flexibility index (Phi) is 13.0. The molecule has 0 atom stereocenters. The minimum absolute atomic E-state index is 0.0000376. The van der Waals surface area contributed by atoms with Gasteiger partial charge in [0, 0.05) is 13.6 Å². The van der Waals surface area contributed by atoms with Gasteiger partial charge in [0.25, 0.3) is 10.1 Å². The van der Waals surface area contributed by atoms with Crippen molar-refractivity contribution in [2.75, 3.05) is 19.3 Å². The second kappa shape index (κ2) is 13.5. The molecule has 0 heterocycles. The van der Waals surface area contributed by atoms with Gasteiger partial charge in [0.2, 0.25) is 5.91 Å². The summed E-state index contributed by atoms with van der Waals surface area (Å²) < 4.78 is 29.9. The molecule has 1 amide bonds. The van der Waals surface area contributed by atoms with Crippen molar-refractivity contribution in [1.82, 2.24) is 4.90 Å². The monoisotopic (exact) mass is 347 g/mol. The van der Waals surface area contributed by atoms with Crippen molar-refractivity contribution >= 4 is 16.0 Å². The van der Waals surface area contributed by atoms with Gasteiger partial charge in [0.15, 0.2) is 0 Å². The maximum Gasteiger partial charge on any atom is 0.266 e. The van der Waals surface area contributed by atoms with E-state index in [2.05, 4.69) is 6.92 Å². The average Bonchev–Trinajstić information content (AvgIpc) is 2.49. The normalized spacial score (nSPS) is 12.0. The third-order valence-corrected chi connectivity index (χ3v) is 4.49. The van der Waals surface area contributed by atoms with E-state index < -0.39 is 15.9 Å². The molecule has 0 rings (SSSR count). The van der Waals surface area contributed by atoms with Crippen molar-refractivity contribution in [1.29, 1.82) is 0 Å². The van der Waals surface area contributed by atoms with Crippen LogP contribution in [0.15, 0.2) is 12.2 Å². The van der Waals surface area contributed by atoms with E-state index in [-0.39, 0.29) is 12.5 Å². The second-order valence-electron chi connectivity index (χ2n) is 6.07. The van der Waals surface area contributed by atoms with E-state index in [9.17, 15) is 13.2 Å². The lowest BCUT2D eigenvalue weighted by atomic mass is 10.1. The second-order valence-corrected chi connectivity index (χ2v) is 7.64. The van der Waals surface area contributed by atoms with Gasteiger partial charge >= 0.3 is 0 Å². The molecular weight excluding hydrogens is 314 g/mol. The summed E-state index contributed by atoms with van der Waals surface area (Å²) in [6, 6.07) is 0. The first-order valence-corrected chi connectivity index (χ1v) is 10.3. The molecule has 0 spiro atoms. The minimum Gasteiger partial charge on any atom is -0.341 e. The summed E-state index contributed by atoms with van der Waals surface area (Å²) in [5.74, 6) is -0.661. The maximum atomic E-state index is 11.7. The quantitative estimate of drug-likeness (QED) is 0.294. The summed E-state index contributed by atoms with van der Waals surface area (Å²) in [6.45, 7) is 2.23. The number of hydrogen-bond acceptors (Lipinski definition) is 3. The standard InChI is InChI=1S/C17H33NO4S/c1-3-4-5-6-7-8-9-10-11-12-13-14-17(19)18(2)15-16-23(20,21)22/h13-14H,3-12,15-16H2,1-2H3,(H,20,21,22)/b14-13+. The van der Waals surface area contributed by atoms with Crippen molar-refractivity contribution < 1.29 is 17.8 Å². The van der Waals surface area contributed by atoms with Gasteiger partial charge in [-0.15, -0.1) is 0 Å². The summed E-state index contributed by atoms with van der Waals surface area (Å²) >= 11 is 0. The van der Waals surface area contributed by atoms with Crippen molar-refractivity contribution in [3.63, 3.8) is 0 Å². The van der Waals surface area contributed by atoms with Gasteiger partial charge in [-0.3, -0.25) is 9.35 Å². The Labute approximate surface area is 141 Å². The van der Waals surface area contributed by atoms with Crippen molar-refractivity contribution in [3.05, 3.63) is 12.2 Å². The molecule has 0 saturated carbocycles. The molecule has 0 aliphatic heterocycles.